The van der Waals surface area contributed by atoms with Crippen molar-refractivity contribution in [2.75, 3.05) is 13.4 Å². The molecule has 27 heavy (non-hydrogen) atoms. The molecule has 3 heterocycles. The van der Waals surface area contributed by atoms with E-state index in [9.17, 15) is 4.79 Å². The predicted molar refractivity (Wildman–Crippen MR) is 98.3 cm³/mol. The van der Waals surface area contributed by atoms with Crippen LogP contribution in [0.2, 0.25) is 0 Å². The second kappa shape index (κ2) is 6.63. The Morgan fingerprint density at radius 1 is 1.00 bits per heavy atom. The Balaban J connectivity index is 1.48. The third-order valence-corrected chi connectivity index (χ3v) is 4.84. The first-order chi connectivity index (χ1) is 13.3. The van der Waals surface area contributed by atoms with Gasteiger partial charge in [0, 0.05) is 12.5 Å². The topological polar surface area (TPSA) is 67.1 Å². The molecule has 6 heteroatoms. The van der Waals surface area contributed by atoms with Crippen LogP contribution in [0.25, 0.3) is 22.1 Å². The first kappa shape index (κ1) is 16.2. The molecule has 1 atom stereocenters. The molecule has 2 aliphatic heterocycles. The fourth-order valence-corrected chi connectivity index (χ4v) is 3.40. The summed E-state index contributed by atoms with van der Waals surface area (Å²) in [6, 6.07) is 10.7. The summed E-state index contributed by atoms with van der Waals surface area (Å²) in [5, 5.41) is 0.502. The fourth-order valence-electron chi connectivity index (χ4n) is 3.40. The quantitative estimate of drug-likeness (QED) is 0.695. The molecule has 0 aliphatic carbocycles. The number of rotatable bonds is 3. The second-order valence-corrected chi connectivity index (χ2v) is 6.62. The standard InChI is InChI=1S/C21H18O6/c22-21-15-6-5-14(27-20-3-1-2-8-23-20)10-18(15)24-11-16(21)13-4-7-17-19(9-13)26-12-25-17/h4-7,9-11,20H,1-3,8,12H2/t20-/m0/s1. The number of hydrogen-bond acceptors (Lipinski definition) is 6. The molecule has 0 spiro atoms. The Hall–Kier alpha value is -2.99. The number of benzene rings is 2. The van der Waals surface area contributed by atoms with Crippen molar-refractivity contribution in [3.05, 3.63) is 52.9 Å². The lowest BCUT2D eigenvalue weighted by Crippen LogP contribution is -2.24. The van der Waals surface area contributed by atoms with Crippen molar-refractivity contribution in [2.45, 2.75) is 25.6 Å². The van der Waals surface area contributed by atoms with Gasteiger partial charge in [-0.05, 0) is 42.7 Å². The molecule has 3 aromatic rings. The van der Waals surface area contributed by atoms with Gasteiger partial charge in [0.2, 0.25) is 6.79 Å². The van der Waals surface area contributed by atoms with E-state index in [-0.39, 0.29) is 18.5 Å². The third kappa shape index (κ3) is 3.02. The molecule has 0 radical (unpaired) electrons. The van der Waals surface area contributed by atoms with Crippen LogP contribution >= 0.6 is 0 Å². The summed E-state index contributed by atoms with van der Waals surface area (Å²) < 4.78 is 27.9. The highest BCUT2D eigenvalue weighted by Crippen LogP contribution is 2.35. The van der Waals surface area contributed by atoms with Crippen molar-refractivity contribution >= 4 is 11.0 Å². The van der Waals surface area contributed by atoms with Gasteiger partial charge in [-0.3, -0.25) is 4.79 Å². The minimum Gasteiger partial charge on any atom is -0.465 e. The van der Waals surface area contributed by atoms with Gasteiger partial charge >= 0.3 is 0 Å². The van der Waals surface area contributed by atoms with Crippen molar-refractivity contribution in [1.29, 1.82) is 0 Å². The molecule has 2 aromatic carbocycles. The second-order valence-electron chi connectivity index (χ2n) is 6.62. The molecule has 0 amide bonds. The van der Waals surface area contributed by atoms with E-state index in [1.165, 1.54) is 6.26 Å². The molecule has 0 bridgehead atoms. The van der Waals surface area contributed by atoms with Gasteiger partial charge in [0.25, 0.3) is 0 Å². The average Bonchev–Trinajstić information content (AvgIpc) is 3.17. The molecule has 2 aliphatic rings. The van der Waals surface area contributed by atoms with Crippen molar-refractivity contribution in [3.63, 3.8) is 0 Å². The van der Waals surface area contributed by atoms with Gasteiger partial charge in [-0.15, -0.1) is 0 Å². The normalized spacial score (nSPS) is 18.6. The van der Waals surface area contributed by atoms with Gasteiger partial charge < -0.3 is 23.4 Å². The number of ether oxygens (including phenoxy) is 4. The van der Waals surface area contributed by atoms with Crippen LogP contribution in [-0.4, -0.2) is 19.7 Å². The predicted octanol–water partition coefficient (Wildman–Crippen LogP) is 4.09. The van der Waals surface area contributed by atoms with Crippen LogP contribution in [0.3, 0.4) is 0 Å². The van der Waals surface area contributed by atoms with Crippen LogP contribution in [-0.2, 0) is 4.74 Å². The maximum atomic E-state index is 12.9. The highest BCUT2D eigenvalue weighted by molar-refractivity contribution is 5.83. The zero-order chi connectivity index (χ0) is 18.2. The van der Waals surface area contributed by atoms with Crippen LogP contribution in [0, 0.1) is 0 Å². The van der Waals surface area contributed by atoms with Gasteiger partial charge in [0.05, 0.1) is 17.6 Å². The van der Waals surface area contributed by atoms with Gasteiger partial charge in [0.1, 0.15) is 17.6 Å². The summed E-state index contributed by atoms with van der Waals surface area (Å²) in [4.78, 5) is 12.9. The summed E-state index contributed by atoms with van der Waals surface area (Å²) in [5.41, 5.74) is 1.59. The Kier molecular flexibility index (Phi) is 3.98. The molecule has 0 N–H and O–H groups in total. The van der Waals surface area contributed by atoms with Gasteiger partial charge in [-0.2, -0.15) is 0 Å². The fraction of sp³-hybridized carbons (Fsp3) is 0.286. The lowest BCUT2D eigenvalue weighted by atomic mass is 10.0. The highest BCUT2D eigenvalue weighted by atomic mass is 16.7. The Bertz CT molecular complexity index is 1050. The van der Waals surface area contributed by atoms with Crippen molar-refractivity contribution in [2.24, 2.45) is 0 Å². The molecular weight excluding hydrogens is 348 g/mol. The van der Waals surface area contributed by atoms with E-state index >= 15 is 0 Å². The van der Waals surface area contributed by atoms with Crippen LogP contribution < -0.4 is 19.6 Å². The van der Waals surface area contributed by atoms with E-state index in [0.29, 0.717) is 40.4 Å². The van der Waals surface area contributed by atoms with E-state index in [1.54, 1.807) is 30.3 Å². The van der Waals surface area contributed by atoms with Crippen molar-refractivity contribution in [3.8, 4) is 28.4 Å². The SMILES string of the molecule is O=c1c(-c2ccc3c(c2)OCO3)coc2cc(O[C@H]3CCCCO3)ccc12. The monoisotopic (exact) mass is 366 g/mol. The summed E-state index contributed by atoms with van der Waals surface area (Å²) in [6.07, 6.45) is 4.26. The van der Waals surface area contributed by atoms with E-state index in [0.717, 1.165) is 24.8 Å². The Morgan fingerprint density at radius 3 is 2.81 bits per heavy atom. The minimum absolute atomic E-state index is 0.101. The maximum absolute atomic E-state index is 12.9. The molecule has 138 valence electrons. The third-order valence-electron chi connectivity index (χ3n) is 4.84. The summed E-state index contributed by atoms with van der Waals surface area (Å²) in [5.74, 6) is 1.94. The number of fused-ring (bicyclic) bond motifs is 2. The van der Waals surface area contributed by atoms with Crippen LogP contribution in [0.1, 0.15) is 19.3 Å². The lowest BCUT2D eigenvalue weighted by Gasteiger charge is -2.23. The van der Waals surface area contributed by atoms with E-state index in [1.807, 2.05) is 6.07 Å². The first-order valence-corrected chi connectivity index (χ1v) is 9.02. The minimum atomic E-state index is -0.240. The van der Waals surface area contributed by atoms with Gasteiger partial charge in [-0.25, -0.2) is 0 Å². The maximum Gasteiger partial charge on any atom is 0.231 e. The Labute approximate surface area is 155 Å². The Morgan fingerprint density at radius 2 is 1.93 bits per heavy atom. The van der Waals surface area contributed by atoms with Crippen LogP contribution in [0.15, 0.2) is 51.9 Å². The molecular formula is C21H18O6. The lowest BCUT2D eigenvalue weighted by molar-refractivity contribution is -0.105. The summed E-state index contributed by atoms with van der Waals surface area (Å²) in [7, 11) is 0. The molecule has 0 unspecified atom stereocenters. The molecule has 0 saturated carbocycles. The zero-order valence-corrected chi connectivity index (χ0v) is 14.6. The molecule has 5 rings (SSSR count). The zero-order valence-electron chi connectivity index (χ0n) is 14.6. The van der Waals surface area contributed by atoms with Crippen LogP contribution in [0.4, 0.5) is 0 Å². The molecule has 1 aromatic heterocycles. The highest BCUT2D eigenvalue weighted by Gasteiger charge is 2.18. The average molecular weight is 366 g/mol. The largest absolute Gasteiger partial charge is 0.465 e. The van der Waals surface area contributed by atoms with E-state index < -0.39 is 0 Å². The molecule has 1 fully saturated rings. The van der Waals surface area contributed by atoms with Gasteiger partial charge in [0.15, 0.2) is 23.2 Å². The molecule has 1 saturated heterocycles. The molecule has 6 nitrogen and oxygen atoms in total. The van der Waals surface area contributed by atoms with Crippen molar-refractivity contribution < 1.29 is 23.4 Å². The number of hydrogen-bond donors (Lipinski definition) is 0. The van der Waals surface area contributed by atoms with E-state index in [2.05, 4.69) is 0 Å². The first-order valence-electron chi connectivity index (χ1n) is 9.02. The van der Waals surface area contributed by atoms with Crippen LogP contribution in [0.5, 0.6) is 17.2 Å². The van der Waals surface area contributed by atoms with Crippen molar-refractivity contribution in [1.82, 2.24) is 0 Å². The van der Waals surface area contributed by atoms with Gasteiger partial charge in [-0.1, -0.05) is 6.07 Å². The summed E-state index contributed by atoms with van der Waals surface area (Å²) in [6.45, 7) is 0.908. The van der Waals surface area contributed by atoms with E-state index in [4.69, 9.17) is 23.4 Å². The smallest absolute Gasteiger partial charge is 0.231 e. The summed E-state index contributed by atoms with van der Waals surface area (Å²) >= 11 is 0.